The third kappa shape index (κ3) is 4.58. The maximum Gasteiger partial charge on any atom is 0.205 e. The van der Waals surface area contributed by atoms with Crippen molar-refractivity contribution < 1.29 is 4.74 Å². The van der Waals surface area contributed by atoms with Gasteiger partial charge in [0, 0.05) is 20.7 Å². The first-order valence-corrected chi connectivity index (χ1v) is 3.44. The van der Waals surface area contributed by atoms with Crippen LogP contribution in [-0.2, 0) is 4.74 Å². The summed E-state index contributed by atoms with van der Waals surface area (Å²) in [7, 11) is 3.31. The van der Waals surface area contributed by atoms with Gasteiger partial charge in [0.25, 0.3) is 0 Å². The van der Waals surface area contributed by atoms with Gasteiger partial charge in [0.15, 0.2) is 0 Å². The number of rotatable bonds is 3. The largest absolute Gasteiger partial charge is 0.380 e. The molecule has 0 amide bonds. The molecule has 4 N–H and O–H groups in total. The third-order valence-corrected chi connectivity index (χ3v) is 1.32. The van der Waals surface area contributed by atoms with Crippen LogP contribution in [0.25, 0.3) is 0 Å². The predicted molar refractivity (Wildman–Crippen MR) is 45.2 cm³/mol. The van der Waals surface area contributed by atoms with E-state index in [9.17, 15) is 0 Å². The van der Waals surface area contributed by atoms with Gasteiger partial charge < -0.3 is 10.1 Å². The van der Waals surface area contributed by atoms with Crippen molar-refractivity contribution in [1.82, 2.24) is 10.7 Å². The molecule has 0 fully saturated rings. The summed E-state index contributed by atoms with van der Waals surface area (Å²) in [5.74, 6) is 5.69. The molecular formula is C6H16N4O. The van der Waals surface area contributed by atoms with E-state index in [1.54, 1.807) is 14.2 Å². The van der Waals surface area contributed by atoms with Crippen molar-refractivity contribution >= 4 is 5.96 Å². The normalized spacial score (nSPS) is 14.4. The average molecular weight is 160 g/mol. The Hall–Kier alpha value is -0.810. The summed E-state index contributed by atoms with van der Waals surface area (Å²) in [6, 6.07) is 0. The Labute approximate surface area is 67.0 Å². The molecule has 1 atom stereocenters. The second kappa shape index (κ2) is 5.94. The van der Waals surface area contributed by atoms with Gasteiger partial charge >= 0.3 is 0 Å². The molecule has 5 nitrogen and oxygen atoms in total. The number of ether oxygens (including phenoxy) is 1. The van der Waals surface area contributed by atoms with E-state index >= 15 is 0 Å². The topological polar surface area (TPSA) is 71.7 Å². The van der Waals surface area contributed by atoms with Crippen molar-refractivity contribution in [2.24, 2.45) is 10.8 Å². The minimum atomic E-state index is 0.153. The molecule has 0 bridgehead atoms. The smallest absolute Gasteiger partial charge is 0.205 e. The van der Waals surface area contributed by atoms with Gasteiger partial charge in [-0.05, 0) is 6.92 Å². The van der Waals surface area contributed by atoms with Crippen LogP contribution in [0.4, 0.5) is 0 Å². The molecule has 1 unspecified atom stereocenters. The number of guanidine groups is 1. The van der Waals surface area contributed by atoms with Gasteiger partial charge in [0.1, 0.15) is 0 Å². The number of nitrogens with one attached hydrogen (secondary N) is 2. The van der Waals surface area contributed by atoms with E-state index in [-0.39, 0.29) is 6.10 Å². The summed E-state index contributed by atoms with van der Waals surface area (Å²) in [5, 5.41) is 2.96. The molecule has 0 spiro atoms. The SMILES string of the molecule is CN=C(NN)NCC(C)OC. The summed E-state index contributed by atoms with van der Waals surface area (Å²) >= 11 is 0. The highest BCUT2D eigenvalue weighted by atomic mass is 16.5. The lowest BCUT2D eigenvalue weighted by molar-refractivity contribution is 0.121. The van der Waals surface area contributed by atoms with E-state index in [0.29, 0.717) is 12.5 Å². The first-order valence-electron chi connectivity index (χ1n) is 3.44. The number of aliphatic imine (C=N–C) groups is 1. The summed E-state index contributed by atoms with van der Waals surface area (Å²) in [6.45, 7) is 2.64. The molecule has 0 radical (unpaired) electrons. The summed E-state index contributed by atoms with van der Waals surface area (Å²) in [6.07, 6.45) is 0.153. The molecule has 5 heteroatoms. The molecule has 0 rings (SSSR count). The highest BCUT2D eigenvalue weighted by Gasteiger charge is 1.99. The quantitative estimate of drug-likeness (QED) is 0.216. The van der Waals surface area contributed by atoms with Crippen LogP contribution in [0.5, 0.6) is 0 Å². The fourth-order valence-corrected chi connectivity index (χ4v) is 0.518. The molecule has 0 saturated carbocycles. The van der Waals surface area contributed by atoms with E-state index in [1.807, 2.05) is 6.92 Å². The maximum absolute atomic E-state index is 5.13. The Bertz CT molecular complexity index is 126. The lowest BCUT2D eigenvalue weighted by atomic mass is 10.4. The van der Waals surface area contributed by atoms with Crippen molar-refractivity contribution in [3.63, 3.8) is 0 Å². The minimum absolute atomic E-state index is 0.153. The Morgan fingerprint density at radius 3 is 2.73 bits per heavy atom. The van der Waals surface area contributed by atoms with Crippen LogP contribution in [0.3, 0.4) is 0 Å². The van der Waals surface area contributed by atoms with Crippen LogP contribution >= 0.6 is 0 Å². The molecule has 0 aromatic carbocycles. The van der Waals surface area contributed by atoms with E-state index in [0.717, 1.165) is 0 Å². The maximum atomic E-state index is 5.13. The van der Waals surface area contributed by atoms with Gasteiger partial charge in [-0.1, -0.05) is 0 Å². The monoisotopic (exact) mass is 160 g/mol. The first kappa shape index (κ1) is 10.2. The van der Waals surface area contributed by atoms with Crippen molar-refractivity contribution in [2.75, 3.05) is 20.7 Å². The second-order valence-electron chi connectivity index (χ2n) is 2.14. The van der Waals surface area contributed by atoms with Crippen molar-refractivity contribution in [1.29, 1.82) is 0 Å². The third-order valence-electron chi connectivity index (χ3n) is 1.32. The Morgan fingerprint density at radius 1 is 1.73 bits per heavy atom. The first-order chi connectivity index (χ1) is 5.24. The predicted octanol–water partition coefficient (Wildman–Crippen LogP) is -0.940. The highest BCUT2D eigenvalue weighted by molar-refractivity contribution is 5.78. The number of hydrogen-bond acceptors (Lipinski definition) is 3. The number of hydrogen-bond donors (Lipinski definition) is 3. The molecule has 0 aliphatic rings. The van der Waals surface area contributed by atoms with Crippen LogP contribution in [0.1, 0.15) is 6.92 Å². The number of nitrogens with two attached hydrogens (primary N) is 1. The van der Waals surface area contributed by atoms with E-state index < -0.39 is 0 Å². The molecule has 0 aliphatic carbocycles. The number of nitrogens with zero attached hydrogens (tertiary/aromatic N) is 1. The van der Waals surface area contributed by atoms with E-state index in [2.05, 4.69) is 15.7 Å². The minimum Gasteiger partial charge on any atom is -0.380 e. The molecule has 66 valence electrons. The summed E-state index contributed by atoms with van der Waals surface area (Å²) in [4.78, 5) is 3.83. The zero-order chi connectivity index (χ0) is 8.69. The fraction of sp³-hybridized carbons (Fsp3) is 0.833. The van der Waals surface area contributed by atoms with Crippen LogP contribution in [0, 0.1) is 0 Å². The zero-order valence-electron chi connectivity index (χ0n) is 7.22. The van der Waals surface area contributed by atoms with Crippen LogP contribution in [0.15, 0.2) is 4.99 Å². The molecule has 0 aromatic heterocycles. The average Bonchev–Trinajstić information content (AvgIpc) is 2.06. The highest BCUT2D eigenvalue weighted by Crippen LogP contribution is 1.82. The lowest BCUT2D eigenvalue weighted by Gasteiger charge is -2.12. The van der Waals surface area contributed by atoms with Crippen molar-refractivity contribution in [2.45, 2.75) is 13.0 Å². The van der Waals surface area contributed by atoms with Crippen LogP contribution < -0.4 is 16.6 Å². The number of hydrazine groups is 1. The van der Waals surface area contributed by atoms with Gasteiger partial charge in [0.05, 0.1) is 6.10 Å². The van der Waals surface area contributed by atoms with Crippen molar-refractivity contribution in [3.8, 4) is 0 Å². The van der Waals surface area contributed by atoms with Crippen molar-refractivity contribution in [3.05, 3.63) is 0 Å². The van der Waals surface area contributed by atoms with E-state index in [1.165, 1.54) is 0 Å². The standard InChI is InChI=1S/C6H16N4O/c1-5(11-3)4-9-6(8-2)10-7/h5H,4,7H2,1-3H3,(H2,8,9,10). The summed E-state index contributed by atoms with van der Waals surface area (Å²) in [5.41, 5.74) is 2.41. The summed E-state index contributed by atoms with van der Waals surface area (Å²) < 4.78 is 5.00. The van der Waals surface area contributed by atoms with Gasteiger partial charge in [-0.15, -0.1) is 0 Å². The molecular weight excluding hydrogens is 144 g/mol. The molecule has 0 saturated heterocycles. The second-order valence-corrected chi connectivity index (χ2v) is 2.14. The molecule has 0 heterocycles. The molecule has 0 aliphatic heterocycles. The Morgan fingerprint density at radius 2 is 2.36 bits per heavy atom. The van der Waals surface area contributed by atoms with Gasteiger partial charge in [-0.3, -0.25) is 10.4 Å². The Kier molecular flexibility index (Phi) is 5.50. The Balaban J connectivity index is 3.51. The fourth-order valence-electron chi connectivity index (χ4n) is 0.518. The van der Waals surface area contributed by atoms with Gasteiger partial charge in [0.2, 0.25) is 5.96 Å². The van der Waals surface area contributed by atoms with Gasteiger partial charge in [-0.2, -0.15) is 0 Å². The number of methoxy groups -OCH3 is 1. The molecule has 0 aromatic rings. The lowest BCUT2D eigenvalue weighted by Crippen LogP contribution is -2.44. The van der Waals surface area contributed by atoms with Gasteiger partial charge in [-0.25, -0.2) is 5.84 Å². The van der Waals surface area contributed by atoms with Crippen LogP contribution in [0.2, 0.25) is 0 Å². The van der Waals surface area contributed by atoms with Crippen LogP contribution in [-0.4, -0.2) is 32.8 Å². The van der Waals surface area contributed by atoms with E-state index in [4.69, 9.17) is 10.6 Å². The molecule has 11 heavy (non-hydrogen) atoms. The zero-order valence-corrected chi connectivity index (χ0v) is 7.22.